The molecule has 2 aromatic heterocycles. The maximum absolute atomic E-state index is 12.5. The molecule has 2 heterocycles. The molecule has 0 amide bonds. The fourth-order valence-corrected chi connectivity index (χ4v) is 2.88. The Balaban J connectivity index is 1.58. The first kappa shape index (κ1) is 16.8. The van der Waals surface area contributed by atoms with Crippen LogP contribution in [0.15, 0.2) is 77.9 Å². The van der Waals surface area contributed by atoms with Gasteiger partial charge in [-0.3, -0.25) is 4.79 Å². The average molecular weight is 359 g/mol. The fourth-order valence-electron chi connectivity index (χ4n) is 2.88. The standard InChI is InChI=1S/C21H17N3O3/c1-14(19-22-18-10-3-2-9-17(18)20(25)23-19)27-21(26)15-7-6-8-16(13-15)24-11-4-5-12-24/h2-14H,1H3,(H,22,23,25)/t14-/m0/s1. The molecule has 0 saturated heterocycles. The summed E-state index contributed by atoms with van der Waals surface area (Å²) in [6.07, 6.45) is 3.11. The van der Waals surface area contributed by atoms with Gasteiger partial charge in [0.25, 0.3) is 5.56 Å². The molecule has 1 N–H and O–H groups in total. The highest BCUT2D eigenvalue weighted by Gasteiger charge is 2.17. The van der Waals surface area contributed by atoms with Gasteiger partial charge in [0.2, 0.25) is 0 Å². The molecule has 0 spiro atoms. The van der Waals surface area contributed by atoms with Gasteiger partial charge in [0, 0.05) is 18.1 Å². The number of para-hydroxylation sites is 1. The first-order valence-electron chi connectivity index (χ1n) is 8.55. The van der Waals surface area contributed by atoms with Crippen LogP contribution in [-0.4, -0.2) is 20.5 Å². The zero-order chi connectivity index (χ0) is 18.8. The van der Waals surface area contributed by atoms with Gasteiger partial charge in [0.15, 0.2) is 11.9 Å². The Morgan fingerprint density at radius 1 is 1.07 bits per heavy atom. The lowest BCUT2D eigenvalue weighted by molar-refractivity contribution is 0.0320. The first-order valence-corrected chi connectivity index (χ1v) is 8.55. The van der Waals surface area contributed by atoms with Crippen LogP contribution in [0, 0.1) is 0 Å². The average Bonchev–Trinajstić information content (AvgIpc) is 3.23. The maximum Gasteiger partial charge on any atom is 0.338 e. The molecule has 27 heavy (non-hydrogen) atoms. The molecule has 4 rings (SSSR count). The van der Waals surface area contributed by atoms with E-state index in [4.69, 9.17) is 4.74 Å². The Bertz CT molecular complexity index is 1160. The van der Waals surface area contributed by atoms with E-state index in [2.05, 4.69) is 9.97 Å². The van der Waals surface area contributed by atoms with Crippen LogP contribution < -0.4 is 5.56 Å². The number of benzene rings is 2. The van der Waals surface area contributed by atoms with E-state index in [1.165, 1.54) is 0 Å². The number of H-pyrrole nitrogens is 1. The van der Waals surface area contributed by atoms with Gasteiger partial charge in [-0.1, -0.05) is 18.2 Å². The second kappa shape index (κ2) is 6.92. The molecule has 0 fully saturated rings. The monoisotopic (exact) mass is 359 g/mol. The Morgan fingerprint density at radius 2 is 1.85 bits per heavy atom. The first-order chi connectivity index (χ1) is 13.1. The number of nitrogens with zero attached hydrogens (tertiary/aromatic N) is 2. The Hall–Kier alpha value is -3.67. The van der Waals surface area contributed by atoms with Gasteiger partial charge < -0.3 is 14.3 Å². The molecular formula is C21H17N3O3. The van der Waals surface area contributed by atoms with Crippen molar-refractivity contribution in [2.45, 2.75) is 13.0 Å². The number of hydrogen-bond donors (Lipinski definition) is 1. The Morgan fingerprint density at radius 3 is 2.67 bits per heavy atom. The minimum Gasteiger partial charge on any atom is -0.451 e. The van der Waals surface area contributed by atoms with Crippen LogP contribution in [0.4, 0.5) is 0 Å². The number of aromatic nitrogens is 3. The van der Waals surface area contributed by atoms with Gasteiger partial charge in [0.05, 0.1) is 16.5 Å². The molecule has 0 aliphatic heterocycles. The molecule has 1 atom stereocenters. The molecule has 0 radical (unpaired) electrons. The van der Waals surface area contributed by atoms with Crippen molar-refractivity contribution in [3.63, 3.8) is 0 Å². The van der Waals surface area contributed by atoms with Crippen molar-refractivity contribution in [1.29, 1.82) is 0 Å². The van der Waals surface area contributed by atoms with Gasteiger partial charge in [-0.2, -0.15) is 0 Å². The van der Waals surface area contributed by atoms with E-state index in [1.807, 2.05) is 41.2 Å². The van der Waals surface area contributed by atoms with Crippen LogP contribution in [-0.2, 0) is 4.74 Å². The van der Waals surface area contributed by atoms with E-state index in [9.17, 15) is 9.59 Å². The third kappa shape index (κ3) is 3.37. The summed E-state index contributed by atoms with van der Waals surface area (Å²) in [6.45, 7) is 1.68. The van der Waals surface area contributed by atoms with Crippen LogP contribution in [0.5, 0.6) is 0 Å². The molecule has 0 aliphatic rings. The van der Waals surface area contributed by atoms with E-state index in [0.29, 0.717) is 22.3 Å². The molecule has 134 valence electrons. The summed E-state index contributed by atoms with van der Waals surface area (Å²) in [7, 11) is 0. The number of esters is 1. The second-order valence-corrected chi connectivity index (χ2v) is 6.16. The van der Waals surface area contributed by atoms with Crippen LogP contribution >= 0.6 is 0 Å². The lowest BCUT2D eigenvalue weighted by Gasteiger charge is -2.13. The highest BCUT2D eigenvalue weighted by molar-refractivity contribution is 5.90. The third-order valence-electron chi connectivity index (χ3n) is 4.28. The van der Waals surface area contributed by atoms with Crippen LogP contribution in [0.3, 0.4) is 0 Å². The predicted molar refractivity (Wildman–Crippen MR) is 102 cm³/mol. The molecule has 0 bridgehead atoms. The Labute approximate surface area is 155 Å². The quantitative estimate of drug-likeness (QED) is 0.565. The third-order valence-corrected chi connectivity index (χ3v) is 4.28. The van der Waals surface area contributed by atoms with E-state index in [1.54, 1.807) is 43.3 Å². The molecule has 0 saturated carbocycles. The molecule has 6 nitrogen and oxygen atoms in total. The largest absolute Gasteiger partial charge is 0.451 e. The van der Waals surface area contributed by atoms with E-state index >= 15 is 0 Å². The van der Waals surface area contributed by atoms with Crippen molar-refractivity contribution < 1.29 is 9.53 Å². The van der Waals surface area contributed by atoms with Gasteiger partial charge in [-0.25, -0.2) is 9.78 Å². The fraction of sp³-hybridized carbons (Fsp3) is 0.0952. The zero-order valence-corrected chi connectivity index (χ0v) is 14.6. The molecule has 0 unspecified atom stereocenters. The van der Waals surface area contributed by atoms with E-state index < -0.39 is 12.1 Å². The van der Waals surface area contributed by atoms with Crippen LogP contribution in [0.25, 0.3) is 16.6 Å². The number of carbonyl (C=O) groups excluding carboxylic acids is 1. The number of carbonyl (C=O) groups is 1. The lowest BCUT2D eigenvalue weighted by atomic mass is 10.2. The van der Waals surface area contributed by atoms with Gasteiger partial charge >= 0.3 is 5.97 Å². The zero-order valence-electron chi connectivity index (χ0n) is 14.6. The molecule has 6 heteroatoms. The number of nitrogens with one attached hydrogen (secondary N) is 1. The summed E-state index contributed by atoms with van der Waals surface area (Å²) in [5, 5.41) is 0.499. The smallest absolute Gasteiger partial charge is 0.338 e. The van der Waals surface area contributed by atoms with Crippen molar-refractivity contribution >= 4 is 16.9 Å². The highest BCUT2D eigenvalue weighted by atomic mass is 16.5. The number of fused-ring (bicyclic) bond motifs is 1. The minimum absolute atomic E-state index is 0.256. The number of ether oxygens (including phenoxy) is 1. The van der Waals surface area contributed by atoms with Crippen LogP contribution in [0.1, 0.15) is 29.2 Å². The second-order valence-electron chi connectivity index (χ2n) is 6.16. The number of hydrogen-bond acceptors (Lipinski definition) is 4. The van der Waals surface area contributed by atoms with Crippen molar-refractivity contribution in [1.82, 2.24) is 14.5 Å². The lowest BCUT2D eigenvalue weighted by Crippen LogP contribution is -2.17. The summed E-state index contributed by atoms with van der Waals surface area (Å²) in [5.41, 5.74) is 1.59. The van der Waals surface area contributed by atoms with Gasteiger partial charge in [-0.15, -0.1) is 0 Å². The summed E-state index contributed by atoms with van der Waals surface area (Å²) >= 11 is 0. The van der Waals surface area contributed by atoms with Crippen molar-refractivity contribution in [3.8, 4) is 5.69 Å². The topological polar surface area (TPSA) is 77.0 Å². The highest BCUT2D eigenvalue weighted by Crippen LogP contribution is 2.18. The normalized spacial score (nSPS) is 12.0. The SMILES string of the molecule is C[C@H](OC(=O)c1cccc(-n2cccc2)c1)c1nc2ccccc2c(=O)[nH]1. The summed E-state index contributed by atoms with van der Waals surface area (Å²) in [5.74, 6) is -0.166. The van der Waals surface area contributed by atoms with Crippen molar-refractivity contribution in [2.75, 3.05) is 0 Å². The molecular weight excluding hydrogens is 342 g/mol. The molecule has 2 aromatic carbocycles. The molecule has 0 aliphatic carbocycles. The minimum atomic E-state index is -0.690. The number of aromatic amines is 1. The molecule has 4 aromatic rings. The summed E-state index contributed by atoms with van der Waals surface area (Å²) in [4.78, 5) is 31.8. The van der Waals surface area contributed by atoms with Gasteiger partial charge in [0.1, 0.15) is 0 Å². The number of rotatable bonds is 4. The van der Waals surface area contributed by atoms with Crippen molar-refractivity contribution in [2.24, 2.45) is 0 Å². The van der Waals surface area contributed by atoms with E-state index in [0.717, 1.165) is 5.69 Å². The predicted octanol–water partition coefficient (Wildman–Crippen LogP) is 3.63. The van der Waals surface area contributed by atoms with E-state index in [-0.39, 0.29) is 5.56 Å². The summed E-state index contributed by atoms with van der Waals surface area (Å²) < 4.78 is 7.42. The van der Waals surface area contributed by atoms with Crippen molar-refractivity contribution in [3.05, 3.63) is 94.8 Å². The maximum atomic E-state index is 12.5. The van der Waals surface area contributed by atoms with Gasteiger partial charge in [-0.05, 0) is 49.4 Å². The summed E-state index contributed by atoms with van der Waals surface area (Å²) in [6, 6.07) is 18.0. The van der Waals surface area contributed by atoms with Crippen LogP contribution in [0.2, 0.25) is 0 Å². The Kier molecular flexibility index (Phi) is 4.30.